The Hall–Kier alpha value is -2.96. The van der Waals surface area contributed by atoms with Gasteiger partial charge in [0.15, 0.2) is 11.5 Å². The summed E-state index contributed by atoms with van der Waals surface area (Å²) in [5.74, 6) is -0.0489. The molecule has 0 aliphatic rings. The van der Waals surface area contributed by atoms with Crippen LogP contribution in [0.5, 0.6) is 5.75 Å². The first-order valence-corrected chi connectivity index (χ1v) is 6.59. The highest BCUT2D eigenvalue weighted by Crippen LogP contribution is 2.19. The lowest BCUT2D eigenvalue weighted by atomic mass is 10.2. The fourth-order valence-corrected chi connectivity index (χ4v) is 2.12. The third-order valence-electron chi connectivity index (χ3n) is 3.20. The molecular weight excluding hydrogens is 287 g/mol. The molecular formula is C15H13FN4O2. The highest BCUT2D eigenvalue weighted by Gasteiger charge is 2.14. The molecule has 0 saturated heterocycles. The molecule has 0 atom stereocenters. The van der Waals surface area contributed by atoms with Crippen LogP contribution in [-0.2, 0) is 6.54 Å². The predicted molar refractivity (Wildman–Crippen MR) is 77.1 cm³/mol. The van der Waals surface area contributed by atoms with Gasteiger partial charge in [0.05, 0.1) is 19.2 Å². The van der Waals surface area contributed by atoms with Crippen LogP contribution in [0.4, 0.5) is 4.39 Å². The Morgan fingerprint density at radius 3 is 3.00 bits per heavy atom. The SMILES string of the molecule is COc1ccc(F)cc1C(=O)NCc1nnc2ccccn12. The molecule has 2 heterocycles. The number of hydrogen-bond acceptors (Lipinski definition) is 4. The Balaban J connectivity index is 1.79. The molecule has 0 aliphatic heterocycles. The van der Waals surface area contributed by atoms with Gasteiger partial charge in [-0.05, 0) is 30.3 Å². The van der Waals surface area contributed by atoms with E-state index in [1.165, 1.54) is 19.2 Å². The Morgan fingerprint density at radius 1 is 1.32 bits per heavy atom. The van der Waals surface area contributed by atoms with Gasteiger partial charge in [-0.1, -0.05) is 6.07 Å². The maximum atomic E-state index is 13.3. The smallest absolute Gasteiger partial charge is 0.255 e. The lowest BCUT2D eigenvalue weighted by Crippen LogP contribution is -2.24. The van der Waals surface area contributed by atoms with Crippen molar-refractivity contribution >= 4 is 11.6 Å². The molecule has 0 aliphatic carbocycles. The van der Waals surface area contributed by atoms with Crippen molar-refractivity contribution in [2.24, 2.45) is 0 Å². The van der Waals surface area contributed by atoms with Crippen LogP contribution < -0.4 is 10.1 Å². The van der Waals surface area contributed by atoms with E-state index in [9.17, 15) is 9.18 Å². The standard InChI is InChI=1S/C15H13FN4O2/c1-22-12-6-5-10(16)8-11(12)15(21)17-9-14-19-18-13-4-2-3-7-20(13)14/h2-8H,9H2,1H3,(H,17,21). The highest BCUT2D eigenvalue weighted by atomic mass is 19.1. The van der Waals surface area contributed by atoms with Crippen LogP contribution in [0.25, 0.3) is 5.65 Å². The average Bonchev–Trinajstić information content (AvgIpc) is 2.96. The van der Waals surface area contributed by atoms with Crippen LogP contribution in [0.2, 0.25) is 0 Å². The fraction of sp³-hybridized carbons (Fsp3) is 0.133. The Bertz CT molecular complexity index is 831. The lowest BCUT2D eigenvalue weighted by molar-refractivity contribution is 0.0946. The molecule has 112 valence electrons. The van der Waals surface area contributed by atoms with Gasteiger partial charge in [-0.15, -0.1) is 10.2 Å². The van der Waals surface area contributed by atoms with Crippen LogP contribution in [0.1, 0.15) is 16.2 Å². The molecule has 2 aromatic heterocycles. The summed E-state index contributed by atoms with van der Waals surface area (Å²) in [6, 6.07) is 9.30. The molecule has 0 saturated carbocycles. The summed E-state index contributed by atoms with van der Waals surface area (Å²) in [7, 11) is 1.43. The molecule has 3 rings (SSSR count). The van der Waals surface area contributed by atoms with Gasteiger partial charge in [0, 0.05) is 6.20 Å². The topological polar surface area (TPSA) is 68.5 Å². The molecule has 0 radical (unpaired) electrons. The fourth-order valence-electron chi connectivity index (χ4n) is 2.12. The largest absolute Gasteiger partial charge is 0.496 e. The maximum absolute atomic E-state index is 13.3. The van der Waals surface area contributed by atoms with Gasteiger partial charge in [-0.25, -0.2) is 4.39 Å². The zero-order valence-corrected chi connectivity index (χ0v) is 11.8. The van der Waals surface area contributed by atoms with Gasteiger partial charge >= 0.3 is 0 Å². The summed E-state index contributed by atoms with van der Waals surface area (Å²) in [5, 5.41) is 10.7. The highest BCUT2D eigenvalue weighted by molar-refractivity contribution is 5.96. The van der Waals surface area contributed by atoms with Crippen LogP contribution in [-0.4, -0.2) is 27.6 Å². The van der Waals surface area contributed by atoms with Crippen molar-refractivity contribution in [3.8, 4) is 5.75 Å². The summed E-state index contributed by atoms with van der Waals surface area (Å²) in [6.07, 6.45) is 1.81. The second-order valence-electron chi connectivity index (χ2n) is 4.57. The number of fused-ring (bicyclic) bond motifs is 1. The number of halogens is 1. The zero-order valence-electron chi connectivity index (χ0n) is 11.8. The molecule has 3 aromatic rings. The Labute approximate surface area is 125 Å². The lowest BCUT2D eigenvalue weighted by Gasteiger charge is -2.08. The van der Waals surface area contributed by atoms with E-state index in [2.05, 4.69) is 15.5 Å². The van der Waals surface area contributed by atoms with Crippen molar-refractivity contribution in [2.45, 2.75) is 6.54 Å². The summed E-state index contributed by atoms with van der Waals surface area (Å²) >= 11 is 0. The van der Waals surface area contributed by atoms with Crippen molar-refractivity contribution in [2.75, 3.05) is 7.11 Å². The van der Waals surface area contributed by atoms with E-state index in [0.29, 0.717) is 17.2 Å². The molecule has 1 aromatic carbocycles. The summed E-state index contributed by atoms with van der Waals surface area (Å²) in [6.45, 7) is 0.170. The second-order valence-corrected chi connectivity index (χ2v) is 4.57. The van der Waals surface area contributed by atoms with Crippen molar-refractivity contribution in [1.29, 1.82) is 0 Å². The first-order chi connectivity index (χ1) is 10.7. The third kappa shape index (κ3) is 2.60. The number of carbonyl (C=O) groups excluding carboxylic acids is 1. The molecule has 6 nitrogen and oxygen atoms in total. The van der Waals surface area contributed by atoms with Gasteiger partial charge in [0.2, 0.25) is 0 Å². The number of pyridine rings is 1. The van der Waals surface area contributed by atoms with Gasteiger partial charge in [-0.2, -0.15) is 0 Å². The van der Waals surface area contributed by atoms with E-state index in [1.807, 2.05) is 18.2 Å². The number of benzene rings is 1. The first-order valence-electron chi connectivity index (χ1n) is 6.59. The number of methoxy groups -OCH3 is 1. The van der Waals surface area contributed by atoms with Crippen molar-refractivity contribution in [3.63, 3.8) is 0 Å². The number of nitrogens with one attached hydrogen (secondary N) is 1. The molecule has 22 heavy (non-hydrogen) atoms. The Kier molecular flexibility index (Phi) is 3.69. The molecule has 7 heteroatoms. The molecule has 0 spiro atoms. The molecule has 0 fully saturated rings. The Morgan fingerprint density at radius 2 is 2.18 bits per heavy atom. The van der Waals surface area contributed by atoms with Crippen LogP contribution >= 0.6 is 0 Å². The number of rotatable bonds is 4. The summed E-state index contributed by atoms with van der Waals surface area (Å²) in [5.41, 5.74) is 0.825. The molecule has 1 amide bonds. The minimum absolute atomic E-state index is 0.135. The van der Waals surface area contributed by atoms with E-state index in [4.69, 9.17) is 4.74 Å². The minimum atomic E-state index is -0.501. The number of aromatic nitrogens is 3. The molecule has 0 bridgehead atoms. The van der Waals surface area contributed by atoms with Gasteiger partial charge < -0.3 is 10.1 Å². The van der Waals surface area contributed by atoms with Crippen molar-refractivity contribution in [3.05, 3.63) is 59.8 Å². The van der Waals surface area contributed by atoms with Gasteiger partial charge in [0.1, 0.15) is 11.6 Å². The maximum Gasteiger partial charge on any atom is 0.255 e. The number of amides is 1. The minimum Gasteiger partial charge on any atom is -0.496 e. The normalized spacial score (nSPS) is 10.6. The van der Waals surface area contributed by atoms with E-state index < -0.39 is 11.7 Å². The van der Waals surface area contributed by atoms with Crippen LogP contribution in [0.15, 0.2) is 42.6 Å². The zero-order chi connectivity index (χ0) is 15.5. The summed E-state index contributed by atoms with van der Waals surface area (Å²) in [4.78, 5) is 12.2. The number of hydrogen-bond donors (Lipinski definition) is 1. The van der Waals surface area contributed by atoms with E-state index >= 15 is 0 Å². The third-order valence-corrected chi connectivity index (χ3v) is 3.20. The van der Waals surface area contributed by atoms with E-state index in [0.717, 1.165) is 6.07 Å². The molecule has 0 unspecified atom stereocenters. The number of carbonyl (C=O) groups is 1. The average molecular weight is 300 g/mol. The molecule has 1 N–H and O–H groups in total. The van der Waals surface area contributed by atoms with Gasteiger partial charge in [0.25, 0.3) is 5.91 Å². The number of ether oxygens (including phenoxy) is 1. The van der Waals surface area contributed by atoms with E-state index in [1.54, 1.807) is 10.6 Å². The quantitative estimate of drug-likeness (QED) is 0.798. The first kappa shape index (κ1) is 14.0. The monoisotopic (exact) mass is 300 g/mol. The van der Waals surface area contributed by atoms with Crippen LogP contribution in [0, 0.1) is 5.82 Å². The van der Waals surface area contributed by atoms with Crippen molar-refractivity contribution in [1.82, 2.24) is 19.9 Å². The number of nitrogens with zero attached hydrogens (tertiary/aromatic N) is 3. The van der Waals surface area contributed by atoms with E-state index in [-0.39, 0.29) is 12.1 Å². The summed E-state index contributed by atoms with van der Waals surface area (Å²) < 4.78 is 20.1. The van der Waals surface area contributed by atoms with Gasteiger partial charge in [-0.3, -0.25) is 9.20 Å². The van der Waals surface area contributed by atoms with Crippen molar-refractivity contribution < 1.29 is 13.9 Å². The predicted octanol–water partition coefficient (Wildman–Crippen LogP) is 1.81. The second kappa shape index (κ2) is 5.80. The van der Waals surface area contributed by atoms with Crippen LogP contribution in [0.3, 0.4) is 0 Å².